The van der Waals surface area contributed by atoms with E-state index < -0.39 is 0 Å². The molecule has 0 unspecified atom stereocenters. The quantitative estimate of drug-likeness (QED) is 0.681. The van der Waals surface area contributed by atoms with Gasteiger partial charge in [-0.15, -0.1) is 0 Å². The predicted octanol–water partition coefficient (Wildman–Crippen LogP) is 2.31. The minimum atomic E-state index is 0.00294. The first kappa shape index (κ1) is 17.7. The van der Waals surface area contributed by atoms with E-state index >= 15 is 0 Å². The third-order valence-corrected chi connectivity index (χ3v) is 5.49. The van der Waals surface area contributed by atoms with Gasteiger partial charge in [0.15, 0.2) is 5.58 Å². The summed E-state index contributed by atoms with van der Waals surface area (Å²) in [6.07, 6.45) is 3.18. The minimum absolute atomic E-state index is 0.00294. The lowest BCUT2D eigenvalue weighted by Gasteiger charge is -2.33. The number of piperazine rings is 1. The van der Waals surface area contributed by atoms with Gasteiger partial charge in [0.25, 0.3) is 11.9 Å². The van der Waals surface area contributed by atoms with Crippen LogP contribution >= 0.6 is 0 Å². The monoisotopic (exact) mass is 391 g/mol. The molecule has 5 rings (SSSR count). The van der Waals surface area contributed by atoms with Gasteiger partial charge in [-0.1, -0.05) is 0 Å². The molecule has 2 amide bonds. The lowest BCUT2D eigenvalue weighted by Crippen LogP contribution is -2.48. The maximum absolute atomic E-state index is 12.9. The number of hydrogen-bond donors (Lipinski definition) is 0. The number of amides is 2. The smallest absolute Gasteiger partial charge is 0.300 e. The maximum atomic E-state index is 12.9. The molecule has 0 spiro atoms. The van der Waals surface area contributed by atoms with Crippen molar-refractivity contribution in [3.63, 3.8) is 0 Å². The van der Waals surface area contributed by atoms with Gasteiger partial charge in [-0.25, -0.2) is 4.98 Å². The summed E-state index contributed by atoms with van der Waals surface area (Å²) in [5.74, 6) is 0.151. The molecule has 0 bridgehead atoms. The second-order valence-electron chi connectivity index (χ2n) is 7.30. The first-order chi connectivity index (χ1) is 14.2. The Bertz CT molecular complexity index is 1020. The number of hydrogen-bond acceptors (Lipinski definition) is 6. The molecule has 0 N–H and O–H groups in total. The molecular formula is C21H21N5O3. The Morgan fingerprint density at radius 2 is 1.79 bits per heavy atom. The molecular weight excluding hydrogens is 370 g/mol. The third-order valence-electron chi connectivity index (χ3n) is 5.49. The molecule has 2 aliphatic heterocycles. The number of carbonyl (C=O) groups excluding carboxylic acids is 2. The average molecular weight is 391 g/mol. The average Bonchev–Trinajstić information content (AvgIpc) is 3.39. The highest BCUT2D eigenvalue weighted by molar-refractivity contribution is 5.97. The Kier molecular flexibility index (Phi) is 4.38. The molecule has 2 aliphatic rings. The van der Waals surface area contributed by atoms with E-state index in [9.17, 15) is 9.59 Å². The van der Waals surface area contributed by atoms with Crippen LogP contribution in [0, 0.1) is 0 Å². The van der Waals surface area contributed by atoms with Gasteiger partial charge in [-0.2, -0.15) is 4.98 Å². The summed E-state index contributed by atoms with van der Waals surface area (Å²) in [4.78, 5) is 39.0. The van der Waals surface area contributed by atoms with Gasteiger partial charge < -0.3 is 19.1 Å². The molecule has 29 heavy (non-hydrogen) atoms. The standard InChI is InChI=1S/C21H21N5O3/c27-18-4-2-10-26(18)16-7-5-15(6-8-16)20(28)24-11-13-25(14-12-24)21-23-19-17(29-21)3-1-9-22-19/h1,3,5-9H,2,4,10-14H2. The van der Waals surface area contributed by atoms with Crippen molar-refractivity contribution in [3.8, 4) is 0 Å². The summed E-state index contributed by atoms with van der Waals surface area (Å²) in [7, 11) is 0. The molecule has 8 nitrogen and oxygen atoms in total. The number of pyridine rings is 1. The van der Waals surface area contributed by atoms with E-state index in [4.69, 9.17) is 4.42 Å². The number of oxazole rings is 1. The van der Waals surface area contributed by atoms with E-state index in [0.717, 1.165) is 18.7 Å². The lowest BCUT2D eigenvalue weighted by molar-refractivity contribution is -0.117. The molecule has 2 fully saturated rings. The summed E-state index contributed by atoms with van der Waals surface area (Å²) >= 11 is 0. The molecule has 2 saturated heterocycles. The van der Waals surface area contributed by atoms with E-state index in [-0.39, 0.29) is 11.8 Å². The SMILES string of the molecule is O=C(c1ccc(N2CCCC2=O)cc1)N1CCN(c2nc3ncccc3o2)CC1. The molecule has 3 aromatic rings. The fourth-order valence-electron chi connectivity index (χ4n) is 3.88. The van der Waals surface area contributed by atoms with E-state index in [1.54, 1.807) is 11.1 Å². The lowest BCUT2D eigenvalue weighted by atomic mass is 10.1. The molecule has 1 aromatic carbocycles. The van der Waals surface area contributed by atoms with Crippen molar-refractivity contribution < 1.29 is 14.0 Å². The van der Waals surface area contributed by atoms with Gasteiger partial charge in [0, 0.05) is 56.6 Å². The van der Waals surface area contributed by atoms with E-state index in [0.29, 0.717) is 55.4 Å². The van der Waals surface area contributed by atoms with Crippen molar-refractivity contribution in [2.75, 3.05) is 42.5 Å². The second kappa shape index (κ2) is 7.20. The van der Waals surface area contributed by atoms with Crippen LogP contribution in [0.1, 0.15) is 23.2 Å². The number of carbonyl (C=O) groups is 2. The fraction of sp³-hybridized carbons (Fsp3) is 0.333. The number of rotatable bonds is 3. The first-order valence-electron chi connectivity index (χ1n) is 9.85. The Hall–Kier alpha value is -3.42. The van der Waals surface area contributed by atoms with Crippen molar-refractivity contribution in [2.45, 2.75) is 12.8 Å². The Balaban J connectivity index is 1.23. The predicted molar refractivity (Wildman–Crippen MR) is 108 cm³/mol. The summed E-state index contributed by atoms with van der Waals surface area (Å²) in [5.41, 5.74) is 2.76. The number of benzene rings is 1. The number of anilines is 2. The van der Waals surface area contributed by atoms with Crippen molar-refractivity contribution in [1.82, 2.24) is 14.9 Å². The zero-order valence-electron chi connectivity index (χ0n) is 16.0. The van der Waals surface area contributed by atoms with Crippen LogP contribution in [0.15, 0.2) is 47.0 Å². The summed E-state index contributed by atoms with van der Waals surface area (Å²) < 4.78 is 5.78. The van der Waals surface area contributed by atoms with Crippen LogP contribution < -0.4 is 9.80 Å². The van der Waals surface area contributed by atoms with Crippen LogP contribution in [0.5, 0.6) is 0 Å². The topological polar surface area (TPSA) is 82.8 Å². The van der Waals surface area contributed by atoms with Crippen molar-refractivity contribution in [2.24, 2.45) is 0 Å². The fourth-order valence-corrected chi connectivity index (χ4v) is 3.88. The van der Waals surface area contributed by atoms with Gasteiger partial charge in [0.05, 0.1) is 0 Å². The van der Waals surface area contributed by atoms with Gasteiger partial charge in [0.1, 0.15) is 0 Å². The number of nitrogens with zero attached hydrogens (tertiary/aromatic N) is 5. The molecule has 148 valence electrons. The minimum Gasteiger partial charge on any atom is -0.422 e. The van der Waals surface area contributed by atoms with Gasteiger partial charge in [-0.3, -0.25) is 9.59 Å². The zero-order valence-corrected chi connectivity index (χ0v) is 16.0. The molecule has 0 atom stereocenters. The second-order valence-corrected chi connectivity index (χ2v) is 7.30. The van der Waals surface area contributed by atoms with Crippen LogP contribution in [0.3, 0.4) is 0 Å². The Morgan fingerprint density at radius 1 is 1.00 bits per heavy atom. The van der Waals surface area contributed by atoms with Crippen LogP contribution in [0.2, 0.25) is 0 Å². The summed E-state index contributed by atoms with van der Waals surface area (Å²) in [6.45, 7) is 3.24. The van der Waals surface area contributed by atoms with Crippen molar-refractivity contribution in [3.05, 3.63) is 48.2 Å². The summed E-state index contributed by atoms with van der Waals surface area (Å²) in [6, 6.07) is 11.5. The molecule has 0 aliphatic carbocycles. The molecule has 8 heteroatoms. The Morgan fingerprint density at radius 3 is 2.48 bits per heavy atom. The zero-order chi connectivity index (χ0) is 19.8. The maximum Gasteiger partial charge on any atom is 0.300 e. The van der Waals surface area contributed by atoms with E-state index in [2.05, 4.69) is 9.97 Å². The van der Waals surface area contributed by atoms with Gasteiger partial charge >= 0.3 is 0 Å². The number of aromatic nitrogens is 2. The van der Waals surface area contributed by atoms with Crippen LogP contribution in [0.4, 0.5) is 11.7 Å². The third kappa shape index (κ3) is 3.30. The summed E-state index contributed by atoms with van der Waals surface area (Å²) in [5, 5.41) is 0. The van der Waals surface area contributed by atoms with Crippen molar-refractivity contribution >= 4 is 34.7 Å². The van der Waals surface area contributed by atoms with E-state index in [1.165, 1.54) is 0 Å². The molecule has 0 radical (unpaired) electrons. The Labute approximate surface area is 167 Å². The van der Waals surface area contributed by atoms with Gasteiger partial charge in [0.2, 0.25) is 11.6 Å². The number of fused-ring (bicyclic) bond motifs is 1. The van der Waals surface area contributed by atoms with Crippen LogP contribution in [-0.2, 0) is 4.79 Å². The van der Waals surface area contributed by atoms with Crippen LogP contribution in [-0.4, -0.2) is 59.4 Å². The largest absolute Gasteiger partial charge is 0.422 e. The highest BCUT2D eigenvalue weighted by atomic mass is 16.4. The molecule has 2 aromatic heterocycles. The van der Waals surface area contributed by atoms with Crippen molar-refractivity contribution in [1.29, 1.82) is 0 Å². The first-order valence-corrected chi connectivity index (χ1v) is 9.85. The normalized spacial score (nSPS) is 17.4. The molecule has 4 heterocycles. The van der Waals surface area contributed by atoms with Gasteiger partial charge in [-0.05, 0) is 42.8 Å². The highest BCUT2D eigenvalue weighted by Gasteiger charge is 2.26. The van der Waals surface area contributed by atoms with E-state index in [1.807, 2.05) is 46.2 Å². The molecule has 0 saturated carbocycles. The van der Waals surface area contributed by atoms with Crippen LogP contribution in [0.25, 0.3) is 11.2 Å². The highest BCUT2D eigenvalue weighted by Crippen LogP contribution is 2.24.